The van der Waals surface area contributed by atoms with E-state index in [0.717, 1.165) is 0 Å². The summed E-state index contributed by atoms with van der Waals surface area (Å²) < 4.78 is 0. The Kier molecular flexibility index (Phi) is 13.5. The fourth-order valence-electron chi connectivity index (χ4n) is 2.57. The molecule has 0 aromatic heterocycles. The fraction of sp³-hybridized carbons (Fsp3) is 0.833. The fourth-order valence-corrected chi connectivity index (χ4v) is 23.2. The van der Waals surface area contributed by atoms with Gasteiger partial charge in [0.15, 0.2) is 0 Å². The first-order valence-corrected chi connectivity index (χ1v) is 18.8. The average molecular weight is 328 g/mol. The van der Waals surface area contributed by atoms with Crippen molar-refractivity contribution in [2.75, 3.05) is 26.7 Å². The smallest absolute Gasteiger partial charge is 0.183 e. The van der Waals surface area contributed by atoms with Gasteiger partial charge in [-0.15, -0.1) is 0 Å². The SMILES string of the molecule is [B][P+](C)(C)[CH-][Si](C)(C)CC[Si](C)(C)[CH-][P+]([B])(C)C.[Li+].[Li+]. The second kappa shape index (κ2) is 9.80. The van der Waals surface area contributed by atoms with Crippen molar-refractivity contribution in [2.24, 2.45) is 0 Å². The summed E-state index contributed by atoms with van der Waals surface area (Å²) in [5.74, 6) is 5.07. The van der Waals surface area contributed by atoms with E-state index in [1.165, 1.54) is 12.1 Å². The van der Waals surface area contributed by atoms with Gasteiger partial charge in [-0.25, -0.2) is 0 Å². The quantitative estimate of drug-likeness (QED) is 0.304. The summed E-state index contributed by atoms with van der Waals surface area (Å²) in [6, 6.07) is 2.73. The first kappa shape index (κ1) is 27.5. The summed E-state index contributed by atoms with van der Waals surface area (Å²) in [5.41, 5.74) is 0. The maximum Gasteiger partial charge on any atom is 1.00 e. The third-order valence-corrected chi connectivity index (χ3v) is 17.3. The maximum atomic E-state index is 6.24. The van der Waals surface area contributed by atoms with E-state index in [2.05, 4.69) is 64.4 Å². The Morgan fingerprint density at radius 3 is 1.05 bits per heavy atom. The Labute approximate surface area is 158 Å². The normalized spacial score (nSPS) is 13.4. The molecule has 102 valence electrons. The predicted molar refractivity (Wildman–Crippen MR) is 102 cm³/mol. The van der Waals surface area contributed by atoms with Crippen LogP contribution in [-0.4, -0.2) is 57.9 Å². The molecule has 0 aliphatic heterocycles. The second-order valence-corrected chi connectivity index (χ2v) is 25.5. The number of hydrogen-bond donors (Lipinski definition) is 0. The minimum atomic E-state index is -1.24. The van der Waals surface area contributed by atoms with Crippen LogP contribution in [0.4, 0.5) is 0 Å². The molecule has 0 unspecified atom stereocenters. The topological polar surface area (TPSA) is 0 Å². The Hall–Kier alpha value is 2.62. The van der Waals surface area contributed by atoms with E-state index in [1.54, 1.807) is 0 Å². The van der Waals surface area contributed by atoms with Gasteiger partial charge in [0.25, 0.3) is 0 Å². The molecule has 0 aliphatic carbocycles. The van der Waals surface area contributed by atoms with Gasteiger partial charge in [0.1, 0.15) is 0 Å². The van der Waals surface area contributed by atoms with Gasteiger partial charge in [-0.2, -0.15) is 25.9 Å². The molecule has 0 amide bonds. The van der Waals surface area contributed by atoms with Gasteiger partial charge < -0.3 is 0 Å². The van der Waals surface area contributed by atoms with Crippen molar-refractivity contribution in [1.82, 2.24) is 0 Å². The van der Waals surface area contributed by atoms with Crippen molar-refractivity contribution in [1.29, 1.82) is 0 Å². The van der Waals surface area contributed by atoms with Crippen LogP contribution in [0.25, 0.3) is 0 Å². The first-order valence-electron chi connectivity index (χ1n) is 6.61. The van der Waals surface area contributed by atoms with Crippen molar-refractivity contribution in [3.63, 3.8) is 0 Å². The van der Waals surface area contributed by atoms with Crippen molar-refractivity contribution in [3.05, 3.63) is 11.6 Å². The molecule has 0 aromatic rings. The molecule has 0 rings (SSSR count). The molecule has 0 heterocycles. The maximum absolute atomic E-state index is 6.24. The largest absolute Gasteiger partial charge is 1.00 e. The third kappa shape index (κ3) is 17.0. The van der Waals surface area contributed by atoms with Gasteiger partial charge in [0.05, 0.1) is 0 Å². The van der Waals surface area contributed by atoms with Crippen LogP contribution < -0.4 is 37.7 Å². The summed E-state index contributed by atoms with van der Waals surface area (Å²) in [5, 5.41) is 0. The molecule has 0 saturated carbocycles. The molecule has 0 N–H and O–H groups in total. The molecule has 0 fully saturated rings. The number of hydrogen-bond acceptors (Lipinski definition) is 0. The van der Waals surface area contributed by atoms with Crippen molar-refractivity contribution >= 4 is 45.6 Å². The van der Waals surface area contributed by atoms with Crippen molar-refractivity contribution in [3.8, 4) is 0 Å². The van der Waals surface area contributed by atoms with E-state index >= 15 is 0 Å². The molecule has 0 bridgehead atoms. The van der Waals surface area contributed by atoms with E-state index in [9.17, 15) is 0 Å². The van der Waals surface area contributed by atoms with E-state index in [0.29, 0.717) is 0 Å². The molecule has 0 aromatic carbocycles. The van der Waals surface area contributed by atoms with Crippen LogP contribution in [0.1, 0.15) is 0 Å². The monoisotopic (exact) mass is 328 g/mol. The summed E-state index contributed by atoms with van der Waals surface area (Å²) in [6.45, 7) is 18.7. The van der Waals surface area contributed by atoms with Gasteiger partial charge in [0, 0.05) is 26.7 Å². The molecule has 0 spiro atoms. The minimum absolute atomic E-state index is 0. The molecule has 8 heteroatoms. The zero-order valence-corrected chi connectivity index (χ0v) is 19.4. The molecule has 20 heavy (non-hydrogen) atoms. The molecular weight excluding hydrogens is 298 g/mol. The zero-order chi connectivity index (χ0) is 14.8. The summed E-state index contributed by atoms with van der Waals surface area (Å²) in [7, 11) is 7.54. The van der Waals surface area contributed by atoms with E-state index in [-0.39, 0.29) is 37.7 Å². The van der Waals surface area contributed by atoms with Crippen LogP contribution in [0, 0.1) is 11.6 Å². The van der Waals surface area contributed by atoms with Crippen LogP contribution >= 0.6 is 14.3 Å². The van der Waals surface area contributed by atoms with Crippen molar-refractivity contribution < 1.29 is 37.7 Å². The van der Waals surface area contributed by atoms with E-state index < -0.39 is 30.4 Å². The average Bonchev–Trinajstić information content (AvgIpc) is 1.91. The van der Waals surface area contributed by atoms with Crippen LogP contribution in [0.5, 0.6) is 0 Å². The van der Waals surface area contributed by atoms with Gasteiger partial charge in [-0.05, 0) is 0 Å². The van der Waals surface area contributed by atoms with Crippen LogP contribution in [0.3, 0.4) is 0 Å². The Balaban J connectivity index is -0.00000144. The number of rotatable bonds is 7. The summed E-state index contributed by atoms with van der Waals surface area (Å²) in [6.07, 6.45) is 0. The standard InChI is InChI=1S/C12H30B2P2Si2.2Li/c1-15(2,13)11-17(5,6)9-10-18(7,8)12-16(3,4)14;;/h11-12H,9-10H2,1-8H3;;/q;2*+1. The van der Waals surface area contributed by atoms with Crippen LogP contribution in [-0.2, 0) is 0 Å². The van der Waals surface area contributed by atoms with E-state index in [1.807, 2.05) is 0 Å². The molecule has 0 atom stereocenters. The van der Waals surface area contributed by atoms with E-state index in [4.69, 9.17) is 15.1 Å². The van der Waals surface area contributed by atoms with Gasteiger partial charge in [-0.1, -0.05) is 54.4 Å². The Morgan fingerprint density at radius 1 is 0.700 bits per heavy atom. The molecule has 0 saturated heterocycles. The van der Waals surface area contributed by atoms with Gasteiger partial charge >= 0.3 is 52.9 Å². The Morgan fingerprint density at radius 2 is 0.900 bits per heavy atom. The Bertz CT molecular complexity index is 250. The summed E-state index contributed by atoms with van der Waals surface area (Å²) in [4.78, 5) is 0. The zero-order valence-electron chi connectivity index (χ0n) is 15.6. The van der Waals surface area contributed by atoms with Crippen molar-refractivity contribution in [2.45, 2.75) is 38.3 Å². The minimum Gasteiger partial charge on any atom is -0.183 e. The summed E-state index contributed by atoms with van der Waals surface area (Å²) >= 11 is 0. The first-order chi connectivity index (χ1) is 7.62. The van der Waals surface area contributed by atoms with Crippen LogP contribution in [0.2, 0.25) is 38.3 Å². The molecule has 4 radical (unpaired) electrons. The third-order valence-electron chi connectivity index (χ3n) is 2.78. The predicted octanol–water partition coefficient (Wildman–Crippen LogP) is -1.47. The van der Waals surface area contributed by atoms with Gasteiger partial charge in [-0.3, -0.25) is 0 Å². The molecule has 0 nitrogen and oxygen atoms in total. The second-order valence-electron chi connectivity index (χ2n) is 7.99. The van der Waals surface area contributed by atoms with Crippen LogP contribution in [0.15, 0.2) is 0 Å². The van der Waals surface area contributed by atoms with Gasteiger partial charge in [0.2, 0.25) is 0 Å². The molecular formula is C12H30B2Li2P2Si2+2. The molecule has 0 aliphatic rings.